The van der Waals surface area contributed by atoms with E-state index in [2.05, 4.69) is 4.98 Å². The summed E-state index contributed by atoms with van der Waals surface area (Å²) in [6.07, 6.45) is 3.12. The highest BCUT2D eigenvalue weighted by atomic mass is 16.5. The van der Waals surface area contributed by atoms with Gasteiger partial charge in [0.1, 0.15) is 12.7 Å². The second-order valence-corrected chi connectivity index (χ2v) is 2.38. The molecule has 1 aromatic rings. The van der Waals surface area contributed by atoms with Crippen LogP contribution < -0.4 is 0 Å². The van der Waals surface area contributed by atoms with E-state index in [1.54, 1.807) is 6.20 Å². The number of aryl methyl sites for hydroxylation is 1. The van der Waals surface area contributed by atoms with Crippen LogP contribution in [0.3, 0.4) is 0 Å². The molecule has 0 aliphatic heterocycles. The van der Waals surface area contributed by atoms with Gasteiger partial charge in [0.15, 0.2) is 6.21 Å². The van der Waals surface area contributed by atoms with Crippen LogP contribution in [0.15, 0.2) is 18.3 Å². The van der Waals surface area contributed by atoms with Crippen molar-refractivity contribution in [1.82, 2.24) is 4.98 Å². The number of pyridine rings is 1. The van der Waals surface area contributed by atoms with Gasteiger partial charge < -0.3 is 5.21 Å². The molecule has 3 nitrogen and oxygen atoms in total. The van der Waals surface area contributed by atoms with E-state index in [1.165, 1.54) is 13.3 Å². The fourth-order valence-corrected chi connectivity index (χ4v) is 0.805. The van der Waals surface area contributed by atoms with Gasteiger partial charge >= 0.3 is 0 Å². The van der Waals surface area contributed by atoms with E-state index in [-0.39, 0.29) is 0 Å². The van der Waals surface area contributed by atoms with Crippen LogP contribution in [0.4, 0.5) is 0 Å². The van der Waals surface area contributed by atoms with Gasteiger partial charge in [0.25, 0.3) is 0 Å². The van der Waals surface area contributed by atoms with Gasteiger partial charge in [-0.15, -0.1) is 0 Å². The van der Waals surface area contributed by atoms with Gasteiger partial charge in [0.2, 0.25) is 0 Å². The molecule has 0 fully saturated rings. The standard InChI is InChI=1S/C8H10N2O/c1-7-4-3-5-9-8(7)6-10(2)11/h3-6H,1-2H3/b10-6-. The van der Waals surface area contributed by atoms with Crippen molar-refractivity contribution in [2.75, 3.05) is 7.05 Å². The highest BCUT2D eigenvalue weighted by Crippen LogP contribution is 1.98. The first-order valence-electron chi connectivity index (χ1n) is 3.36. The Morgan fingerprint density at radius 2 is 2.36 bits per heavy atom. The number of aromatic nitrogens is 1. The molecular formula is C8H10N2O. The van der Waals surface area contributed by atoms with Crippen LogP contribution in [0.25, 0.3) is 0 Å². The summed E-state index contributed by atoms with van der Waals surface area (Å²) < 4.78 is 0.745. The van der Waals surface area contributed by atoms with Gasteiger partial charge in [-0.1, -0.05) is 6.07 Å². The third-order valence-corrected chi connectivity index (χ3v) is 1.35. The van der Waals surface area contributed by atoms with Crippen molar-refractivity contribution < 1.29 is 4.74 Å². The lowest BCUT2D eigenvalue weighted by molar-refractivity contribution is -0.416. The molecule has 1 rings (SSSR count). The van der Waals surface area contributed by atoms with Crippen molar-refractivity contribution in [2.24, 2.45) is 0 Å². The van der Waals surface area contributed by atoms with Gasteiger partial charge in [-0.2, -0.15) is 0 Å². The Balaban J connectivity index is 3.04. The maximum absolute atomic E-state index is 10.6. The second-order valence-electron chi connectivity index (χ2n) is 2.38. The summed E-state index contributed by atoms with van der Waals surface area (Å²) in [4.78, 5) is 4.02. The molecule has 1 heterocycles. The molecule has 0 aromatic carbocycles. The lowest BCUT2D eigenvalue weighted by atomic mass is 10.2. The average molecular weight is 150 g/mol. The van der Waals surface area contributed by atoms with E-state index in [0.717, 1.165) is 16.0 Å². The Bertz CT molecular complexity index is 277. The Labute approximate surface area is 65.6 Å². The Hall–Kier alpha value is -1.38. The summed E-state index contributed by atoms with van der Waals surface area (Å²) in [5, 5.41) is 10.6. The first-order chi connectivity index (χ1) is 5.20. The third kappa shape index (κ3) is 2.04. The van der Waals surface area contributed by atoms with Gasteiger partial charge in [0.05, 0.1) is 0 Å². The molecule has 0 bridgehead atoms. The van der Waals surface area contributed by atoms with Gasteiger partial charge in [-0.25, -0.2) is 4.74 Å². The first-order valence-corrected chi connectivity index (χ1v) is 3.36. The number of hydrogen-bond acceptors (Lipinski definition) is 2. The predicted molar refractivity (Wildman–Crippen MR) is 43.7 cm³/mol. The molecule has 0 radical (unpaired) electrons. The summed E-state index contributed by atoms with van der Waals surface area (Å²) in [7, 11) is 1.44. The molecule has 1 aromatic heterocycles. The molecule has 3 heteroatoms. The van der Waals surface area contributed by atoms with Crippen molar-refractivity contribution >= 4 is 6.21 Å². The third-order valence-electron chi connectivity index (χ3n) is 1.35. The number of rotatable bonds is 1. The molecule has 0 N–H and O–H groups in total. The van der Waals surface area contributed by atoms with Crippen LogP contribution in [0, 0.1) is 12.1 Å². The monoisotopic (exact) mass is 150 g/mol. The van der Waals surface area contributed by atoms with Crippen LogP contribution >= 0.6 is 0 Å². The second kappa shape index (κ2) is 3.14. The van der Waals surface area contributed by atoms with Crippen LogP contribution in [-0.2, 0) is 0 Å². The van der Waals surface area contributed by atoms with Gasteiger partial charge in [0, 0.05) is 6.20 Å². The van der Waals surface area contributed by atoms with Crippen LogP contribution in [0.2, 0.25) is 0 Å². The van der Waals surface area contributed by atoms with Crippen molar-refractivity contribution in [3.05, 3.63) is 34.8 Å². The summed E-state index contributed by atoms with van der Waals surface area (Å²) in [6.45, 7) is 1.92. The molecule has 11 heavy (non-hydrogen) atoms. The van der Waals surface area contributed by atoms with E-state index in [0.29, 0.717) is 0 Å². The maximum Gasteiger partial charge on any atom is 0.200 e. The summed E-state index contributed by atoms with van der Waals surface area (Å²) in [6, 6.07) is 3.76. The van der Waals surface area contributed by atoms with E-state index in [1.807, 2.05) is 19.1 Å². The molecule has 0 atom stereocenters. The maximum atomic E-state index is 10.6. The van der Waals surface area contributed by atoms with Crippen molar-refractivity contribution in [2.45, 2.75) is 6.92 Å². The highest BCUT2D eigenvalue weighted by molar-refractivity contribution is 5.74. The molecule has 0 saturated carbocycles. The minimum Gasteiger partial charge on any atom is -0.624 e. The van der Waals surface area contributed by atoms with E-state index < -0.39 is 0 Å². The fourth-order valence-electron chi connectivity index (χ4n) is 0.805. The number of hydroxylamine groups is 1. The minimum absolute atomic E-state index is 0.727. The van der Waals surface area contributed by atoms with Crippen molar-refractivity contribution in [1.29, 1.82) is 0 Å². The molecule has 0 saturated heterocycles. The molecule has 0 spiro atoms. The van der Waals surface area contributed by atoms with Crippen LogP contribution in [-0.4, -0.2) is 23.0 Å². The quantitative estimate of drug-likeness (QED) is 0.259. The van der Waals surface area contributed by atoms with Crippen LogP contribution in [0.5, 0.6) is 0 Å². The van der Waals surface area contributed by atoms with Crippen molar-refractivity contribution in [3.8, 4) is 0 Å². The Morgan fingerprint density at radius 1 is 1.64 bits per heavy atom. The summed E-state index contributed by atoms with van der Waals surface area (Å²) in [5.74, 6) is 0. The average Bonchev–Trinajstić information content (AvgIpc) is 1.93. The Kier molecular flexibility index (Phi) is 2.21. The zero-order valence-corrected chi connectivity index (χ0v) is 6.61. The van der Waals surface area contributed by atoms with E-state index in [9.17, 15) is 5.21 Å². The number of hydrogen-bond donors (Lipinski definition) is 0. The zero-order chi connectivity index (χ0) is 8.27. The molecule has 0 unspecified atom stereocenters. The normalized spacial score (nSPS) is 11.6. The minimum atomic E-state index is 0.727. The lowest BCUT2D eigenvalue weighted by Crippen LogP contribution is -2.01. The van der Waals surface area contributed by atoms with E-state index in [4.69, 9.17) is 0 Å². The van der Waals surface area contributed by atoms with Gasteiger partial charge in [-0.3, -0.25) is 4.98 Å². The molecule has 0 amide bonds. The number of nitrogens with zero attached hydrogens (tertiary/aromatic N) is 2. The molecule has 0 aliphatic rings. The van der Waals surface area contributed by atoms with E-state index >= 15 is 0 Å². The fraction of sp³-hybridized carbons (Fsp3) is 0.250. The lowest BCUT2D eigenvalue weighted by Gasteiger charge is -1.97. The molecule has 58 valence electrons. The first kappa shape index (κ1) is 7.72. The topological polar surface area (TPSA) is 39.0 Å². The molecule has 0 aliphatic carbocycles. The van der Waals surface area contributed by atoms with Crippen molar-refractivity contribution in [3.63, 3.8) is 0 Å². The summed E-state index contributed by atoms with van der Waals surface area (Å²) >= 11 is 0. The smallest absolute Gasteiger partial charge is 0.200 e. The zero-order valence-electron chi connectivity index (χ0n) is 6.61. The highest BCUT2D eigenvalue weighted by Gasteiger charge is 1.96. The summed E-state index contributed by atoms with van der Waals surface area (Å²) in [5.41, 5.74) is 1.74. The Morgan fingerprint density at radius 3 is 2.91 bits per heavy atom. The van der Waals surface area contributed by atoms with Crippen LogP contribution in [0.1, 0.15) is 11.3 Å². The largest absolute Gasteiger partial charge is 0.624 e. The SMILES string of the molecule is Cc1cccnc1/C=[N+](/C)[O-]. The van der Waals surface area contributed by atoms with Gasteiger partial charge in [-0.05, 0) is 18.6 Å². The molecular weight excluding hydrogens is 140 g/mol. The predicted octanol–water partition coefficient (Wildman–Crippen LogP) is 0.949.